The lowest BCUT2D eigenvalue weighted by atomic mass is 10.1. The highest BCUT2D eigenvalue weighted by atomic mass is 35.5. The van der Waals surface area contributed by atoms with Crippen molar-refractivity contribution < 1.29 is 4.74 Å². The maximum absolute atomic E-state index is 9.72. The predicted octanol–water partition coefficient (Wildman–Crippen LogP) is 3.14. The standard InChI is InChI=1S/C25H27ClN10O/c1-15-8-19(37-15)14-34-4-6-35(7-5-34)21-10-16(11-27)9-20(22(21)26)31-25-32-23(30-17-2-3-17)24-29-13-18(12-28)36(24)33-25/h9-10,13,15,17,19H,2-8,14H2,1H3,(H2,30,31,32,33). The summed E-state index contributed by atoms with van der Waals surface area (Å²) in [7, 11) is 0. The minimum Gasteiger partial charge on any atom is -0.374 e. The first-order valence-corrected chi connectivity index (χ1v) is 12.9. The Morgan fingerprint density at radius 1 is 1.16 bits per heavy atom. The first-order chi connectivity index (χ1) is 18.0. The lowest BCUT2D eigenvalue weighted by molar-refractivity contribution is -0.124. The summed E-state index contributed by atoms with van der Waals surface area (Å²) in [5.74, 6) is 0.808. The van der Waals surface area contributed by atoms with Crippen molar-refractivity contribution in [3.63, 3.8) is 0 Å². The number of nitrogens with zero attached hydrogens (tertiary/aromatic N) is 8. The predicted molar refractivity (Wildman–Crippen MR) is 139 cm³/mol. The SMILES string of the molecule is CC1CC(CN2CCN(c3cc(C#N)cc(Nc4nc(NC5CC5)c5ncc(C#N)n5n4)c3Cl)CC2)O1. The topological polar surface area (TPSA) is 130 Å². The van der Waals surface area contributed by atoms with Crippen molar-refractivity contribution in [1.29, 1.82) is 10.5 Å². The van der Waals surface area contributed by atoms with Gasteiger partial charge in [0.2, 0.25) is 5.95 Å². The second-order valence-corrected chi connectivity index (χ2v) is 10.3. The number of fused-ring (bicyclic) bond motifs is 1. The van der Waals surface area contributed by atoms with Crippen LogP contribution in [0.25, 0.3) is 5.65 Å². The fourth-order valence-electron chi connectivity index (χ4n) is 4.91. The van der Waals surface area contributed by atoms with Crippen molar-refractivity contribution in [2.24, 2.45) is 0 Å². The number of aromatic nitrogens is 4. The molecular weight excluding hydrogens is 492 g/mol. The van der Waals surface area contributed by atoms with Crippen LogP contribution >= 0.6 is 11.6 Å². The number of nitriles is 2. The molecule has 3 aromatic rings. The third kappa shape index (κ3) is 4.86. The molecule has 6 rings (SSSR count). The van der Waals surface area contributed by atoms with Crippen LogP contribution in [0.15, 0.2) is 18.3 Å². The Morgan fingerprint density at radius 2 is 1.95 bits per heavy atom. The Bertz CT molecular complexity index is 1410. The second-order valence-electron chi connectivity index (χ2n) is 9.88. The third-order valence-electron chi connectivity index (χ3n) is 7.02. The van der Waals surface area contributed by atoms with Crippen molar-refractivity contribution in [2.45, 2.75) is 44.4 Å². The van der Waals surface area contributed by atoms with Crippen LogP contribution in [0.4, 0.5) is 23.1 Å². The molecule has 11 nitrogen and oxygen atoms in total. The van der Waals surface area contributed by atoms with E-state index in [-0.39, 0.29) is 5.95 Å². The number of halogens is 1. The van der Waals surface area contributed by atoms with E-state index in [1.165, 1.54) is 10.7 Å². The van der Waals surface area contributed by atoms with Gasteiger partial charge in [0.25, 0.3) is 0 Å². The fraction of sp³-hybridized carbons (Fsp3) is 0.480. The molecule has 12 heteroatoms. The number of benzene rings is 1. The van der Waals surface area contributed by atoms with Gasteiger partial charge in [0.05, 0.1) is 46.4 Å². The molecule has 190 valence electrons. The van der Waals surface area contributed by atoms with Crippen molar-refractivity contribution >= 4 is 40.4 Å². The molecule has 0 radical (unpaired) electrons. The zero-order valence-electron chi connectivity index (χ0n) is 20.5. The number of nitrogens with one attached hydrogen (secondary N) is 2. The number of hydrogen-bond donors (Lipinski definition) is 2. The van der Waals surface area contributed by atoms with Crippen LogP contribution in [0, 0.1) is 22.7 Å². The zero-order valence-corrected chi connectivity index (χ0v) is 21.2. The van der Waals surface area contributed by atoms with Gasteiger partial charge in [-0.15, -0.1) is 5.10 Å². The van der Waals surface area contributed by atoms with Crippen molar-refractivity contribution in [3.8, 4) is 12.1 Å². The van der Waals surface area contributed by atoms with Crippen molar-refractivity contribution in [3.05, 3.63) is 34.6 Å². The monoisotopic (exact) mass is 518 g/mol. The van der Waals surface area contributed by atoms with Gasteiger partial charge in [0, 0.05) is 45.2 Å². The summed E-state index contributed by atoms with van der Waals surface area (Å²) in [6.07, 6.45) is 5.41. The van der Waals surface area contributed by atoms with Crippen LogP contribution in [0.3, 0.4) is 0 Å². The summed E-state index contributed by atoms with van der Waals surface area (Å²) in [6, 6.07) is 8.21. The lowest BCUT2D eigenvalue weighted by Crippen LogP contribution is -2.51. The van der Waals surface area contributed by atoms with Gasteiger partial charge >= 0.3 is 0 Å². The first-order valence-electron chi connectivity index (χ1n) is 12.6. The average Bonchev–Trinajstić information content (AvgIpc) is 3.60. The molecule has 0 bridgehead atoms. The number of piperazine rings is 1. The van der Waals surface area contributed by atoms with Gasteiger partial charge in [-0.05, 0) is 31.9 Å². The van der Waals surface area contributed by atoms with Crippen LogP contribution < -0.4 is 15.5 Å². The van der Waals surface area contributed by atoms with Gasteiger partial charge in [-0.2, -0.15) is 20.0 Å². The number of rotatable bonds is 7. The minimum absolute atomic E-state index is 0.257. The van der Waals surface area contributed by atoms with E-state index >= 15 is 0 Å². The normalized spacial score (nSPS) is 21.8. The number of anilines is 4. The van der Waals surface area contributed by atoms with Crippen LogP contribution in [0.5, 0.6) is 0 Å². The number of hydrogen-bond acceptors (Lipinski definition) is 10. The van der Waals surface area contributed by atoms with E-state index in [9.17, 15) is 10.5 Å². The average molecular weight is 519 g/mol. The number of imidazole rings is 1. The van der Waals surface area contributed by atoms with Gasteiger partial charge in [-0.1, -0.05) is 11.6 Å². The molecule has 2 atom stereocenters. The molecule has 1 aliphatic carbocycles. The highest BCUT2D eigenvalue weighted by Gasteiger charge is 2.30. The molecule has 2 aliphatic heterocycles. The molecule has 0 amide bonds. The first kappa shape index (κ1) is 23.7. The van der Waals surface area contributed by atoms with E-state index in [2.05, 4.69) is 54.6 Å². The summed E-state index contributed by atoms with van der Waals surface area (Å²) >= 11 is 6.89. The van der Waals surface area contributed by atoms with Crippen molar-refractivity contribution in [1.82, 2.24) is 24.5 Å². The van der Waals surface area contributed by atoms with E-state index in [0.717, 1.165) is 57.7 Å². The minimum atomic E-state index is 0.257. The quantitative estimate of drug-likeness (QED) is 0.481. The fourth-order valence-corrected chi connectivity index (χ4v) is 5.18. The lowest BCUT2D eigenvalue weighted by Gasteiger charge is -2.41. The largest absolute Gasteiger partial charge is 0.374 e. The molecule has 4 heterocycles. The Labute approximate surface area is 219 Å². The summed E-state index contributed by atoms with van der Waals surface area (Å²) in [5.41, 5.74) is 2.61. The van der Waals surface area contributed by atoms with Gasteiger partial charge in [-0.3, -0.25) is 4.90 Å². The second kappa shape index (κ2) is 9.67. The Balaban J connectivity index is 1.25. The Morgan fingerprint density at radius 3 is 2.62 bits per heavy atom. The summed E-state index contributed by atoms with van der Waals surface area (Å²) in [6.45, 7) is 6.46. The highest BCUT2D eigenvalue weighted by molar-refractivity contribution is 6.36. The van der Waals surface area contributed by atoms with Crippen molar-refractivity contribution in [2.75, 3.05) is 48.3 Å². The molecule has 2 aromatic heterocycles. The van der Waals surface area contributed by atoms with E-state index in [1.807, 2.05) is 6.07 Å². The maximum Gasteiger partial charge on any atom is 0.247 e. The molecule has 1 saturated carbocycles. The van der Waals surface area contributed by atoms with Crippen LogP contribution in [0.1, 0.15) is 37.4 Å². The molecule has 2 N–H and O–H groups in total. The molecule has 3 fully saturated rings. The highest BCUT2D eigenvalue weighted by Crippen LogP contribution is 2.37. The van der Waals surface area contributed by atoms with Gasteiger partial charge < -0.3 is 20.3 Å². The molecule has 2 saturated heterocycles. The van der Waals surface area contributed by atoms with E-state index in [4.69, 9.17) is 16.3 Å². The molecule has 3 aliphatic rings. The molecule has 37 heavy (non-hydrogen) atoms. The van der Waals surface area contributed by atoms with Crippen LogP contribution in [-0.2, 0) is 4.74 Å². The van der Waals surface area contributed by atoms with Crippen LogP contribution in [0.2, 0.25) is 5.02 Å². The Kier molecular flexibility index (Phi) is 6.21. The van der Waals surface area contributed by atoms with Crippen LogP contribution in [-0.4, -0.2) is 75.5 Å². The zero-order chi connectivity index (χ0) is 25.5. The summed E-state index contributed by atoms with van der Waals surface area (Å²) in [4.78, 5) is 13.6. The summed E-state index contributed by atoms with van der Waals surface area (Å²) in [5, 5.41) is 30.7. The van der Waals surface area contributed by atoms with E-state index in [1.54, 1.807) is 6.07 Å². The van der Waals surface area contributed by atoms with Gasteiger partial charge in [0.1, 0.15) is 6.07 Å². The van der Waals surface area contributed by atoms with Gasteiger partial charge in [-0.25, -0.2) is 4.98 Å². The molecule has 1 aromatic carbocycles. The molecule has 0 spiro atoms. The van der Waals surface area contributed by atoms with E-state index in [0.29, 0.717) is 51.7 Å². The Hall–Kier alpha value is -3.64. The molecule has 2 unspecified atom stereocenters. The van der Waals surface area contributed by atoms with Gasteiger partial charge in [0.15, 0.2) is 17.2 Å². The van der Waals surface area contributed by atoms with E-state index < -0.39 is 0 Å². The maximum atomic E-state index is 9.72. The summed E-state index contributed by atoms with van der Waals surface area (Å²) < 4.78 is 7.25. The third-order valence-corrected chi connectivity index (χ3v) is 7.42. The smallest absolute Gasteiger partial charge is 0.247 e. The number of ether oxygens (including phenoxy) is 1. The molecular formula is C25H27ClN10O.